The third-order valence-electron chi connectivity index (χ3n) is 5.38. The summed E-state index contributed by atoms with van der Waals surface area (Å²) in [5.41, 5.74) is 4.81. The number of non-ortho nitro benzene ring substituents is 1. The van der Waals surface area contributed by atoms with E-state index in [0.29, 0.717) is 16.9 Å². The summed E-state index contributed by atoms with van der Waals surface area (Å²) in [6, 6.07) is 18.5. The number of nitro groups is 1. The van der Waals surface area contributed by atoms with Crippen molar-refractivity contribution in [2.45, 2.75) is 20.8 Å². The van der Waals surface area contributed by atoms with Gasteiger partial charge in [0.15, 0.2) is 0 Å². The molecule has 160 valence electrons. The lowest BCUT2D eigenvalue weighted by molar-refractivity contribution is -0.384. The molecule has 1 aliphatic heterocycles. The Balaban J connectivity index is 1.83. The fourth-order valence-electron chi connectivity index (χ4n) is 3.68. The SMILES string of the molecule is Cc1ccc(N2C(=O)C(Nc3ccc(C)cc3C)=C(c3ccc([N+](=O)[O-])cc3)C2=O)cc1. The Morgan fingerprint density at radius 1 is 0.812 bits per heavy atom. The molecular formula is C25H21N3O4. The summed E-state index contributed by atoms with van der Waals surface area (Å²) in [5.74, 6) is -0.966. The van der Waals surface area contributed by atoms with Crippen LogP contribution in [0.2, 0.25) is 0 Å². The van der Waals surface area contributed by atoms with Crippen molar-refractivity contribution in [2.24, 2.45) is 0 Å². The van der Waals surface area contributed by atoms with Gasteiger partial charge in [0, 0.05) is 17.8 Å². The molecule has 1 N–H and O–H groups in total. The molecule has 4 rings (SSSR count). The van der Waals surface area contributed by atoms with Crippen LogP contribution in [0, 0.1) is 30.9 Å². The maximum Gasteiger partial charge on any atom is 0.282 e. The van der Waals surface area contributed by atoms with Crippen LogP contribution >= 0.6 is 0 Å². The van der Waals surface area contributed by atoms with Gasteiger partial charge in [-0.1, -0.05) is 35.4 Å². The van der Waals surface area contributed by atoms with E-state index >= 15 is 0 Å². The molecule has 1 heterocycles. The van der Waals surface area contributed by atoms with Crippen molar-refractivity contribution in [3.05, 3.63) is 105 Å². The van der Waals surface area contributed by atoms with Crippen molar-refractivity contribution in [3.63, 3.8) is 0 Å². The Hall–Kier alpha value is -4.26. The first-order chi connectivity index (χ1) is 15.3. The third-order valence-corrected chi connectivity index (χ3v) is 5.38. The van der Waals surface area contributed by atoms with Gasteiger partial charge in [-0.3, -0.25) is 19.7 Å². The molecule has 0 bridgehead atoms. The molecule has 0 aliphatic carbocycles. The molecule has 0 saturated heterocycles. The topological polar surface area (TPSA) is 92.6 Å². The highest BCUT2D eigenvalue weighted by Gasteiger charge is 2.40. The molecule has 32 heavy (non-hydrogen) atoms. The van der Waals surface area contributed by atoms with Crippen molar-refractivity contribution in [3.8, 4) is 0 Å². The lowest BCUT2D eigenvalue weighted by Crippen LogP contribution is -2.32. The number of nitro benzene ring substituents is 1. The predicted octanol–water partition coefficient (Wildman–Crippen LogP) is 4.92. The summed E-state index contributed by atoms with van der Waals surface area (Å²) in [6.45, 7) is 5.81. The van der Waals surface area contributed by atoms with Crippen molar-refractivity contribution in [1.82, 2.24) is 0 Å². The van der Waals surface area contributed by atoms with E-state index in [0.717, 1.165) is 21.6 Å². The minimum atomic E-state index is -0.507. The van der Waals surface area contributed by atoms with E-state index in [1.54, 1.807) is 12.1 Å². The number of aryl methyl sites for hydroxylation is 3. The van der Waals surface area contributed by atoms with E-state index in [-0.39, 0.29) is 17.0 Å². The van der Waals surface area contributed by atoms with Crippen LogP contribution in [-0.2, 0) is 9.59 Å². The molecule has 0 saturated carbocycles. The zero-order valence-electron chi connectivity index (χ0n) is 17.9. The standard InChI is InChI=1S/C25H21N3O4/c1-15-4-9-19(10-5-15)27-24(29)22(18-7-11-20(12-8-18)28(31)32)23(25(27)30)26-21-13-6-16(2)14-17(21)3/h4-14,26H,1-3H3. The maximum atomic E-state index is 13.4. The molecule has 0 fully saturated rings. The number of benzene rings is 3. The van der Waals surface area contributed by atoms with Crippen molar-refractivity contribution < 1.29 is 14.5 Å². The van der Waals surface area contributed by atoms with Gasteiger partial charge in [-0.15, -0.1) is 0 Å². The third kappa shape index (κ3) is 3.76. The van der Waals surface area contributed by atoms with Crippen molar-refractivity contribution >= 4 is 34.4 Å². The Bertz CT molecular complexity index is 1280. The van der Waals surface area contributed by atoms with Crippen LogP contribution in [0.4, 0.5) is 17.1 Å². The Labute approximate surface area is 185 Å². The van der Waals surface area contributed by atoms with E-state index in [2.05, 4.69) is 5.32 Å². The largest absolute Gasteiger partial charge is 0.350 e. The summed E-state index contributed by atoms with van der Waals surface area (Å²) in [6.07, 6.45) is 0. The zero-order chi connectivity index (χ0) is 23.0. The van der Waals surface area contributed by atoms with Gasteiger partial charge < -0.3 is 5.32 Å². The van der Waals surface area contributed by atoms with E-state index in [1.807, 2.05) is 51.1 Å². The van der Waals surface area contributed by atoms with E-state index in [4.69, 9.17) is 0 Å². The molecule has 1 aliphatic rings. The number of nitrogens with one attached hydrogen (secondary N) is 1. The average Bonchev–Trinajstić information content (AvgIpc) is 3.00. The Morgan fingerprint density at radius 3 is 2.03 bits per heavy atom. The smallest absolute Gasteiger partial charge is 0.282 e. The first-order valence-electron chi connectivity index (χ1n) is 10.0. The normalized spacial score (nSPS) is 13.7. The van der Waals surface area contributed by atoms with Gasteiger partial charge in [-0.05, 0) is 62.2 Å². The highest BCUT2D eigenvalue weighted by atomic mass is 16.6. The van der Waals surface area contributed by atoms with Gasteiger partial charge in [0.25, 0.3) is 17.5 Å². The Morgan fingerprint density at radius 2 is 1.44 bits per heavy atom. The van der Waals surface area contributed by atoms with Crippen LogP contribution in [0.15, 0.2) is 72.4 Å². The molecule has 0 spiro atoms. The zero-order valence-corrected chi connectivity index (χ0v) is 17.9. The second kappa shape index (κ2) is 8.11. The van der Waals surface area contributed by atoms with Crippen molar-refractivity contribution in [1.29, 1.82) is 0 Å². The molecule has 7 nitrogen and oxygen atoms in total. The first kappa shape index (κ1) is 21.0. The number of amides is 2. The van der Waals surface area contributed by atoms with Crippen LogP contribution in [0.3, 0.4) is 0 Å². The summed E-state index contributed by atoms with van der Waals surface area (Å²) in [5, 5.41) is 14.2. The van der Waals surface area contributed by atoms with E-state index in [1.165, 1.54) is 24.3 Å². The summed E-state index contributed by atoms with van der Waals surface area (Å²) in [4.78, 5) is 38.5. The number of hydrogen-bond acceptors (Lipinski definition) is 5. The molecular weight excluding hydrogens is 406 g/mol. The summed E-state index contributed by atoms with van der Waals surface area (Å²) >= 11 is 0. The number of rotatable bonds is 5. The molecule has 2 amide bonds. The molecule has 0 radical (unpaired) electrons. The van der Waals surface area contributed by atoms with Gasteiger partial charge in [-0.2, -0.15) is 0 Å². The monoisotopic (exact) mass is 427 g/mol. The highest BCUT2D eigenvalue weighted by Crippen LogP contribution is 2.35. The summed E-state index contributed by atoms with van der Waals surface area (Å²) in [7, 11) is 0. The second-order valence-electron chi connectivity index (χ2n) is 7.78. The highest BCUT2D eigenvalue weighted by molar-refractivity contribution is 6.46. The average molecular weight is 427 g/mol. The molecule has 3 aromatic carbocycles. The predicted molar refractivity (Wildman–Crippen MR) is 123 cm³/mol. The minimum absolute atomic E-state index is 0.0922. The molecule has 0 atom stereocenters. The number of nitrogens with zero attached hydrogens (tertiary/aromatic N) is 2. The molecule has 0 aromatic heterocycles. The molecule has 3 aromatic rings. The van der Waals surface area contributed by atoms with Crippen LogP contribution in [0.5, 0.6) is 0 Å². The number of hydrogen-bond donors (Lipinski definition) is 1. The molecule has 0 unspecified atom stereocenters. The van der Waals surface area contributed by atoms with Crippen LogP contribution in [-0.4, -0.2) is 16.7 Å². The lowest BCUT2D eigenvalue weighted by atomic mass is 10.0. The van der Waals surface area contributed by atoms with Gasteiger partial charge in [0.05, 0.1) is 16.2 Å². The fraction of sp³-hybridized carbons (Fsp3) is 0.120. The maximum absolute atomic E-state index is 13.4. The quantitative estimate of drug-likeness (QED) is 0.355. The van der Waals surface area contributed by atoms with Crippen LogP contribution < -0.4 is 10.2 Å². The van der Waals surface area contributed by atoms with E-state index in [9.17, 15) is 19.7 Å². The van der Waals surface area contributed by atoms with Gasteiger partial charge in [0.2, 0.25) is 0 Å². The number of anilines is 2. The van der Waals surface area contributed by atoms with Gasteiger partial charge in [-0.25, -0.2) is 4.90 Å². The van der Waals surface area contributed by atoms with Crippen LogP contribution in [0.25, 0.3) is 5.57 Å². The minimum Gasteiger partial charge on any atom is -0.350 e. The number of carbonyl (C=O) groups is 2. The van der Waals surface area contributed by atoms with E-state index < -0.39 is 16.7 Å². The number of imide groups is 1. The second-order valence-corrected chi connectivity index (χ2v) is 7.78. The summed E-state index contributed by atoms with van der Waals surface area (Å²) < 4.78 is 0. The first-order valence-corrected chi connectivity index (χ1v) is 10.0. The van der Waals surface area contributed by atoms with Crippen LogP contribution in [0.1, 0.15) is 22.3 Å². The van der Waals surface area contributed by atoms with Crippen molar-refractivity contribution in [2.75, 3.05) is 10.2 Å². The number of carbonyl (C=O) groups excluding carboxylic acids is 2. The molecule has 7 heteroatoms. The Kier molecular flexibility index (Phi) is 5.32. The van der Waals surface area contributed by atoms with Gasteiger partial charge in [0.1, 0.15) is 5.70 Å². The van der Waals surface area contributed by atoms with Gasteiger partial charge >= 0.3 is 0 Å². The fourth-order valence-corrected chi connectivity index (χ4v) is 3.68. The lowest BCUT2D eigenvalue weighted by Gasteiger charge is -2.16.